The minimum Gasteiger partial charge on any atom is -0.352 e. The highest BCUT2D eigenvalue weighted by Crippen LogP contribution is 2.04. The third kappa shape index (κ3) is 4.58. The minimum atomic E-state index is 0.125. The fourth-order valence-electron chi connectivity index (χ4n) is 2.31. The number of nitrogens with one attached hydrogen (secondary N) is 1. The number of hydrogen-bond acceptors (Lipinski definition) is 4. The molecule has 1 aromatic heterocycles. The van der Waals surface area contributed by atoms with Gasteiger partial charge in [-0.05, 0) is 31.2 Å². The summed E-state index contributed by atoms with van der Waals surface area (Å²) in [4.78, 5) is 20.6. The number of likely N-dealkylation sites (N-methyl/N-ethyl adjacent to an activating group) is 1. The number of rotatable bonds is 5. The number of pyridine rings is 1. The predicted octanol–water partition coefficient (Wildman–Crippen LogP) is 0.644. The van der Waals surface area contributed by atoms with Crippen LogP contribution in [0.4, 0.5) is 0 Å². The van der Waals surface area contributed by atoms with E-state index in [9.17, 15) is 4.79 Å². The van der Waals surface area contributed by atoms with Crippen molar-refractivity contribution in [2.24, 2.45) is 0 Å². The van der Waals surface area contributed by atoms with E-state index in [0.717, 1.165) is 43.9 Å². The molecule has 0 unspecified atom stereocenters. The van der Waals surface area contributed by atoms with E-state index in [0.29, 0.717) is 13.0 Å². The molecule has 0 saturated carbocycles. The van der Waals surface area contributed by atoms with Gasteiger partial charge in [-0.1, -0.05) is 0 Å². The van der Waals surface area contributed by atoms with Crippen LogP contribution in [0.25, 0.3) is 0 Å². The van der Waals surface area contributed by atoms with Gasteiger partial charge in [-0.3, -0.25) is 9.78 Å². The van der Waals surface area contributed by atoms with Crippen LogP contribution >= 0.6 is 0 Å². The zero-order chi connectivity index (χ0) is 14.4. The molecule has 110 valence electrons. The number of hydrogen-bond donors (Lipinski definition) is 1. The van der Waals surface area contributed by atoms with E-state index in [1.54, 1.807) is 6.20 Å². The highest BCUT2D eigenvalue weighted by molar-refractivity contribution is 5.76. The Morgan fingerprint density at radius 2 is 2.10 bits per heavy atom. The molecule has 0 bridgehead atoms. The van der Waals surface area contributed by atoms with Crippen LogP contribution in [0.15, 0.2) is 18.5 Å². The normalized spacial score (nSPS) is 17.1. The molecule has 1 aliphatic rings. The van der Waals surface area contributed by atoms with Gasteiger partial charge < -0.3 is 15.1 Å². The number of carbonyl (C=O) groups is 1. The lowest BCUT2D eigenvalue weighted by Crippen LogP contribution is -2.45. The lowest BCUT2D eigenvalue weighted by atomic mass is 10.1. The summed E-state index contributed by atoms with van der Waals surface area (Å²) in [6.45, 7) is 7.78. The first-order valence-corrected chi connectivity index (χ1v) is 7.22. The van der Waals surface area contributed by atoms with Crippen molar-refractivity contribution in [3.05, 3.63) is 29.6 Å². The first-order chi connectivity index (χ1) is 9.65. The van der Waals surface area contributed by atoms with Crippen molar-refractivity contribution in [3.63, 3.8) is 0 Å². The van der Waals surface area contributed by atoms with Gasteiger partial charge in [0.25, 0.3) is 0 Å². The zero-order valence-corrected chi connectivity index (χ0v) is 12.4. The molecular weight excluding hydrogens is 252 g/mol. The van der Waals surface area contributed by atoms with Gasteiger partial charge in [0.15, 0.2) is 0 Å². The maximum atomic E-state index is 11.9. The Labute approximate surface area is 121 Å². The predicted molar refractivity (Wildman–Crippen MR) is 79.4 cm³/mol. The fraction of sp³-hybridized carbons (Fsp3) is 0.600. The SMILES string of the molecule is Cc1cnccc1CNC(=O)CCN1CCN(C)CC1. The van der Waals surface area contributed by atoms with Crippen LogP contribution in [0.5, 0.6) is 0 Å². The van der Waals surface area contributed by atoms with Gasteiger partial charge in [0.1, 0.15) is 0 Å². The fourth-order valence-corrected chi connectivity index (χ4v) is 2.31. The van der Waals surface area contributed by atoms with Crippen molar-refractivity contribution < 1.29 is 4.79 Å². The summed E-state index contributed by atoms with van der Waals surface area (Å²) in [5.74, 6) is 0.125. The first-order valence-electron chi connectivity index (χ1n) is 7.22. The summed E-state index contributed by atoms with van der Waals surface area (Å²) in [5.41, 5.74) is 2.25. The van der Waals surface area contributed by atoms with E-state index in [1.807, 2.05) is 19.2 Å². The van der Waals surface area contributed by atoms with Gasteiger partial charge >= 0.3 is 0 Å². The molecule has 0 spiro atoms. The third-order valence-corrected chi connectivity index (χ3v) is 3.86. The maximum Gasteiger partial charge on any atom is 0.221 e. The zero-order valence-electron chi connectivity index (χ0n) is 12.4. The number of piperazine rings is 1. The molecule has 0 atom stereocenters. The largest absolute Gasteiger partial charge is 0.352 e. The second-order valence-electron chi connectivity index (χ2n) is 5.47. The van der Waals surface area contributed by atoms with Gasteiger partial charge in [-0.15, -0.1) is 0 Å². The molecule has 1 aliphatic heterocycles. The lowest BCUT2D eigenvalue weighted by Gasteiger charge is -2.32. The van der Waals surface area contributed by atoms with Gasteiger partial charge in [0.2, 0.25) is 5.91 Å². The first kappa shape index (κ1) is 14.9. The molecule has 20 heavy (non-hydrogen) atoms. The maximum absolute atomic E-state index is 11.9. The van der Waals surface area contributed by atoms with E-state index in [-0.39, 0.29) is 5.91 Å². The minimum absolute atomic E-state index is 0.125. The number of carbonyl (C=O) groups excluding carboxylic acids is 1. The van der Waals surface area contributed by atoms with E-state index in [1.165, 1.54) is 0 Å². The van der Waals surface area contributed by atoms with E-state index in [4.69, 9.17) is 0 Å². The highest BCUT2D eigenvalue weighted by atomic mass is 16.1. The van der Waals surface area contributed by atoms with Crippen LogP contribution in [0.3, 0.4) is 0 Å². The standard InChI is InChI=1S/C15H24N4O/c1-13-11-16-5-3-14(13)12-17-15(20)4-6-19-9-7-18(2)8-10-19/h3,5,11H,4,6-10,12H2,1-2H3,(H,17,20). The summed E-state index contributed by atoms with van der Waals surface area (Å²) in [7, 11) is 2.14. The van der Waals surface area contributed by atoms with E-state index in [2.05, 4.69) is 27.1 Å². The lowest BCUT2D eigenvalue weighted by molar-refractivity contribution is -0.121. The van der Waals surface area contributed by atoms with Crippen LogP contribution < -0.4 is 5.32 Å². The molecule has 0 aliphatic carbocycles. The molecule has 5 heteroatoms. The van der Waals surface area contributed by atoms with Crippen molar-refractivity contribution in [1.29, 1.82) is 0 Å². The number of aromatic nitrogens is 1. The molecule has 2 rings (SSSR count). The van der Waals surface area contributed by atoms with Crippen LogP contribution in [-0.2, 0) is 11.3 Å². The van der Waals surface area contributed by atoms with Gasteiger partial charge in [0, 0.05) is 58.1 Å². The van der Waals surface area contributed by atoms with Crippen molar-refractivity contribution >= 4 is 5.91 Å². The van der Waals surface area contributed by atoms with Crippen LogP contribution in [0, 0.1) is 6.92 Å². The molecule has 5 nitrogen and oxygen atoms in total. The summed E-state index contributed by atoms with van der Waals surface area (Å²) < 4.78 is 0. The molecule has 1 saturated heterocycles. The van der Waals surface area contributed by atoms with Crippen molar-refractivity contribution in [1.82, 2.24) is 20.1 Å². The van der Waals surface area contributed by atoms with E-state index >= 15 is 0 Å². The highest BCUT2D eigenvalue weighted by Gasteiger charge is 2.14. The summed E-state index contributed by atoms with van der Waals surface area (Å²) in [6, 6.07) is 1.95. The average molecular weight is 276 g/mol. The van der Waals surface area contributed by atoms with Crippen LogP contribution in [0.1, 0.15) is 17.5 Å². The van der Waals surface area contributed by atoms with E-state index < -0.39 is 0 Å². The molecular formula is C15H24N4O. The summed E-state index contributed by atoms with van der Waals surface area (Å²) in [5, 5.41) is 2.98. The Bertz CT molecular complexity index is 441. The second kappa shape index (κ2) is 7.36. The van der Waals surface area contributed by atoms with Crippen molar-refractivity contribution in [2.45, 2.75) is 19.9 Å². The molecule has 1 fully saturated rings. The molecule has 2 heterocycles. The molecule has 0 radical (unpaired) electrons. The number of amides is 1. The Hall–Kier alpha value is -1.46. The van der Waals surface area contributed by atoms with Crippen LogP contribution in [0.2, 0.25) is 0 Å². The van der Waals surface area contributed by atoms with Crippen molar-refractivity contribution in [3.8, 4) is 0 Å². The Kier molecular flexibility index (Phi) is 5.49. The Morgan fingerprint density at radius 3 is 2.80 bits per heavy atom. The number of nitrogens with zero attached hydrogens (tertiary/aromatic N) is 3. The summed E-state index contributed by atoms with van der Waals surface area (Å²) >= 11 is 0. The molecule has 0 aromatic carbocycles. The average Bonchev–Trinajstić information content (AvgIpc) is 2.46. The van der Waals surface area contributed by atoms with Gasteiger partial charge in [-0.2, -0.15) is 0 Å². The smallest absolute Gasteiger partial charge is 0.221 e. The quantitative estimate of drug-likeness (QED) is 0.857. The monoisotopic (exact) mass is 276 g/mol. The Balaban J connectivity index is 1.67. The topological polar surface area (TPSA) is 48.5 Å². The third-order valence-electron chi connectivity index (χ3n) is 3.86. The number of aryl methyl sites for hydroxylation is 1. The van der Waals surface area contributed by atoms with Gasteiger partial charge in [0.05, 0.1) is 0 Å². The second-order valence-corrected chi connectivity index (χ2v) is 5.47. The molecule has 1 aromatic rings. The molecule has 1 amide bonds. The van der Waals surface area contributed by atoms with Crippen molar-refractivity contribution in [2.75, 3.05) is 39.8 Å². The Morgan fingerprint density at radius 1 is 1.35 bits per heavy atom. The molecule has 1 N–H and O–H groups in total. The van der Waals surface area contributed by atoms with Gasteiger partial charge in [-0.25, -0.2) is 0 Å². The summed E-state index contributed by atoms with van der Waals surface area (Å²) in [6.07, 6.45) is 4.16. The van der Waals surface area contributed by atoms with Crippen LogP contribution in [-0.4, -0.2) is 60.5 Å².